The van der Waals surface area contributed by atoms with Crippen molar-refractivity contribution in [3.05, 3.63) is 0 Å². The van der Waals surface area contributed by atoms with Crippen molar-refractivity contribution in [1.29, 1.82) is 0 Å². The highest BCUT2D eigenvalue weighted by Gasteiger charge is 2.26. The first-order chi connectivity index (χ1) is 6.83. The second-order valence-electron chi connectivity index (χ2n) is 4.34. The van der Waals surface area contributed by atoms with Crippen LogP contribution < -0.4 is 0 Å². The van der Waals surface area contributed by atoms with Gasteiger partial charge in [-0.15, -0.1) is 11.6 Å². The predicted octanol–water partition coefficient (Wildman–Crippen LogP) is 3.66. The van der Waals surface area contributed by atoms with Gasteiger partial charge in [0.1, 0.15) is 0 Å². The summed E-state index contributed by atoms with van der Waals surface area (Å²) in [4.78, 5) is 2.71. The van der Waals surface area contributed by atoms with Crippen LogP contribution in [0.15, 0.2) is 0 Å². The first-order valence-corrected chi connectivity index (χ1v) is 6.68. The quantitative estimate of drug-likeness (QED) is 0.636. The maximum Gasteiger partial charge on any atom is 0.0238 e. The molecule has 0 saturated carbocycles. The van der Waals surface area contributed by atoms with Gasteiger partial charge in [0.05, 0.1) is 0 Å². The molecule has 1 saturated heterocycles. The molecule has 0 aromatic rings. The molecule has 0 aromatic carbocycles. The molecule has 0 aromatic heterocycles. The van der Waals surface area contributed by atoms with Gasteiger partial charge in [0, 0.05) is 18.0 Å². The summed E-state index contributed by atoms with van der Waals surface area (Å²) in [5.41, 5.74) is 0. The highest BCUT2D eigenvalue weighted by Crippen LogP contribution is 2.24. The minimum Gasteiger partial charge on any atom is -0.297 e. The largest absolute Gasteiger partial charge is 0.297 e. The summed E-state index contributed by atoms with van der Waals surface area (Å²) >= 11 is 5.86. The number of likely N-dealkylation sites (tertiary alicyclic amines) is 1. The second kappa shape index (κ2) is 6.68. The molecule has 1 heterocycles. The van der Waals surface area contributed by atoms with E-state index in [1.807, 2.05) is 0 Å². The van der Waals surface area contributed by atoms with Gasteiger partial charge < -0.3 is 0 Å². The third-order valence-corrected chi connectivity index (χ3v) is 3.74. The molecule has 0 spiro atoms. The van der Waals surface area contributed by atoms with Crippen LogP contribution in [0.5, 0.6) is 0 Å². The number of rotatable bonds is 5. The van der Waals surface area contributed by atoms with E-state index in [0.717, 1.165) is 18.0 Å². The Balaban J connectivity index is 2.51. The second-order valence-corrected chi connectivity index (χ2v) is 4.71. The van der Waals surface area contributed by atoms with Gasteiger partial charge in [0.2, 0.25) is 0 Å². The highest BCUT2D eigenvalue weighted by atomic mass is 35.5. The Kier molecular flexibility index (Phi) is 5.88. The van der Waals surface area contributed by atoms with E-state index in [4.69, 9.17) is 11.6 Å². The first kappa shape index (κ1) is 12.3. The topological polar surface area (TPSA) is 3.24 Å². The molecule has 1 nitrogen and oxygen atoms in total. The normalized spacial score (nSPS) is 24.4. The van der Waals surface area contributed by atoms with Crippen molar-refractivity contribution in [2.75, 3.05) is 12.4 Å². The summed E-state index contributed by atoms with van der Waals surface area (Å²) < 4.78 is 0. The van der Waals surface area contributed by atoms with E-state index in [9.17, 15) is 0 Å². The van der Waals surface area contributed by atoms with E-state index in [-0.39, 0.29) is 0 Å². The van der Waals surface area contributed by atoms with Crippen LogP contribution in [0, 0.1) is 0 Å². The van der Waals surface area contributed by atoms with Crippen LogP contribution in [0.3, 0.4) is 0 Å². The maximum atomic E-state index is 5.86. The van der Waals surface area contributed by atoms with Crippen LogP contribution in [0.2, 0.25) is 0 Å². The Morgan fingerprint density at radius 1 is 1.29 bits per heavy atom. The van der Waals surface area contributed by atoms with Crippen LogP contribution in [0.25, 0.3) is 0 Å². The zero-order valence-electron chi connectivity index (χ0n) is 9.64. The molecule has 84 valence electrons. The van der Waals surface area contributed by atoms with Crippen LogP contribution >= 0.6 is 11.6 Å². The molecule has 1 fully saturated rings. The molecule has 1 aliphatic rings. The molecule has 0 amide bonds. The third kappa shape index (κ3) is 3.13. The lowest BCUT2D eigenvalue weighted by Gasteiger charge is -2.40. The van der Waals surface area contributed by atoms with Gasteiger partial charge >= 0.3 is 0 Å². The zero-order chi connectivity index (χ0) is 10.4. The molecule has 1 unspecified atom stereocenters. The van der Waals surface area contributed by atoms with Crippen LogP contribution in [-0.4, -0.2) is 29.4 Å². The number of hydrogen-bond donors (Lipinski definition) is 0. The van der Waals surface area contributed by atoms with Crippen molar-refractivity contribution in [2.24, 2.45) is 0 Å². The lowest BCUT2D eigenvalue weighted by molar-refractivity contribution is 0.0872. The number of hydrogen-bond acceptors (Lipinski definition) is 1. The van der Waals surface area contributed by atoms with Crippen molar-refractivity contribution in [3.8, 4) is 0 Å². The number of piperidine rings is 1. The fourth-order valence-corrected chi connectivity index (χ4v) is 2.95. The Hall–Kier alpha value is 0.250. The lowest BCUT2D eigenvalue weighted by Crippen LogP contribution is -2.46. The molecule has 14 heavy (non-hydrogen) atoms. The average Bonchev–Trinajstić information content (AvgIpc) is 2.23. The van der Waals surface area contributed by atoms with E-state index < -0.39 is 0 Å². The van der Waals surface area contributed by atoms with E-state index in [2.05, 4.69) is 18.7 Å². The summed E-state index contributed by atoms with van der Waals surface area (Å²) in [7, 11) is 0. The Bertz CT molecular complexity index is 143. The molecule has 0 N–H and O–H groups in total. The summed E-state index contributed by atoms with van der Waals surface area (Å²) in [5, 5.41) is 0. The smallest absolute Gasteiger partial charge is 0.0238 e. The van der Waals surface area contributed by atoms with Crippen molar-refractivity contribution < 1.29 is 0 Å². The zero-order valence-corrected chi connectivity index (χ0v) is 10.4. The van der Waals surface area contributed by atoms with Gasteiger partial charge in [-0.25, -0.2) is 0 Å². The first-order valence-electron chi connectivity index (χ1n) is 6.15. The molecule has 1 atom stereocenters. The Labute approximate surface area is 93.8 Å². The standard InChI is InChI=1S/C12H24ClN/c1-3-11(4-2)14-10-6-5-7-12(14)8-9-13/h11-12H,3-10H2,1-2H3. The van der Waals surface area contributed by atoms with E-state index in [1.165, 1.54) is 45.1 Å². The Morgan fingerprint density at radius 2 is 2.00 bits per heavy atom. The maximum absolute atomic E-state index is 5.86. The Morgan fingerprint density at radius 3 is 2.57 bits per heavy atom. The van der Waals surface area contributed by atoms with Crippen molar-refractivity contribution in [1.82, 2.24) is 4.90 Å². The minimum atomic E-state index is 0.770. The molecular weight excluding hydrogens is 194 g/mol. The third-order valence-electron chi connectivity index (χ3n) is 3.53. The fourth-order valence-electron chi connectivity index (χ4n) is 2.70. The van der Waals surface area contributed by atoms with Crippen molar-refractivity contribution in [3.63, 3.8) is 0 Å². The van der Waals surface area contributed by atoms with Gasteiger partial charge in [0.25, 0.3) is 0 Å². The van der Waals surface area contributed by atoms with Crippen molar-refractivity contribution >= 4 is 11.6 Å². The van der Waals surface area contributed by atoms with Gasteiger partial charge in [0.15, 0.2) is 0 Å². The van der Waals surface area contributed by atoms with Crippen LogP contribution in [0.1, 0.15) is 52.4 Å². The fraction of sp³-hybridized carbons (Fsp3) is 1.00. The van der Waals surface area contributed by atoms with Gasteiger partial charge in [-0.05, 0) is 38.6 Å². The molecular formula is C12H24ClN. The summed E-state index contributed by atoms with van der Waals surface area (Å²) in [5.74, 6) is 0.821. The molecule has 1 aliphatic heterocycles. The highest BCUT2D eigenvalue weighted by molar-refractivity contribution is 6.17. The van der Waals surface area contributed by atoms with Gasteiger partial charge in [-0.2, -0.15) is 0 Å². The lowest BCUT2D eigenvalue weighted by atomic mass is 9.96. The number of alkyl halides is 1. The van der Waals surface area contributed by atoms with Crippen LogP contribution in [-0.2, 0) is 0 Å². The average molecular weight is 218 g/mol. The van der Waals surface area contributed by atoms with Gasteiger partial charge in [-0.3, -0.25) is 4.90 Å². The molecule has 0 radical (unpaired) electrons. The summed E-state index contributed by atoms with van der Waals surface area (Å²) in [6.07, 6.45) is 7.90. The minimum absolute atomic E-state index is 0.770. The molecule has 1 rings (SSSR count). The van der Waals surface area contributed by atoms with Crippen LogP contribution in [0.4, 0.5) is 0 Å². The van der Waals surface area contributed by atoms with E-state index in [1.54, 1.807) is 0 Å². The molecule has 2 heteroatoms. The summed E-state index contributed by atoms with van der Waals surface area (Å²) in [6.45, 7) is 5.91. The SMILES string of the molecule is CCC(CC)N1CCCCC1CCCl. The van der Waals surface area contributed by atoms with E-state index >= 15 is 0 Å². The van der Waals surface area contributed by atoms with Gasteiger partial charge in [-0.1, -0.05) is 20.3 Å². The van der Waals surface area contributed by atoms with E-state index in [0.29, 0.717) is 0 Å². The van der Waals surface area contributed by atoms with Crippen molar-refractivity contribution in [2.45, 2.75) is 64.5 Å². The molecule has 0 aliphatic carbocycles. The molecule has 0 bridgehead atoms. The summed E-state index contributed by atoms with van der Waals surface area (Å²) in [6, 6.07) is 1.56. The number of halogens is 1. The number of nitrogens with zero attached hydrogens (tertiary/aromatic N) is 1. The predicted molar refractivity (Wildman–Crippen MR) is 64.1 cm³/mol. The monoisotopic (exact) mass is 217 g/mol.